The van der Waals surface area contributed by atoms with Crippen molar-refractivity contribution >= 4 is 0 Å². The van der Waals surface area contributed by atoms with Crippen LogP contribution in [-0.2, 0) is 13.5 Å². The Kier molecular flexibility index (Phi) is 3.02. The summed E-state index contributed by atoms with van der Waals surface area (Å²) in [5, 5.41) is 8.79. The van der Waals surface area contributed by atoms with Crippen molar-refractivity contribution in [1.29, 1.82) is 0 Å². The molecule has 2 N–H and O–H groups in total. The first-order valence-electron chi connectivity index (χ1n) is 5.78. The Labute approximate surface area is 101 Å². The highest BCUT2D eigenvalue weighted by atomic mass is 15.4. The molecule has 1 atom stereocenters. The van der Waals surface area contributed by atoms with E-state index in [1.54, 1.807) is 0 Å². The summed E-state index contributed by atoms with van der Waals surface area (Å²) in [7, 11) is 1.93. The van der Waals surface area contributed by atoms with E-state index in [9.17, 15) is 0 Å². The van der Waals surface area contributed by atoms with Crippen LogP contribution in [0.4, 0.5) is 0 Å². The standard InChI is InChI=1S/C12H19N5/c1-8-6-14-17(7-8)12-11(5-9(2)13)10(3)15-16(12)4/h6-7,9H,5,13H2,1-4H3. The first-order chi connectivity index (χ1) is 7.99. The highest BCUT2D eigenvalue weighted by Crippen LogP contribution is 2.19. The summed E-state index contributed by atoms with van der Waals surface area (Å²) in [6, 6.07) is 0.119. The molecule has 5 nitrogen and oxygen atoms in total. The maximum Gasteiger partial charge on any atom is 0.155 e. The van der Waals surface area contributed by atoms with Crippen molar-refractivity contribution in [3.05, 3.63) is 29.2 Å². The van der Waals surface area contributed by atoms with Crippen molar-refractivity contribution in [3.8, 4) is 5.82 Å². The van der Waals surface area contributed by atoms with Crippen LogP contribution in [0, 0.1) is 13.8 Å². The molecular formula is C12H19N5. The highest BCUT2D eigenvalue weighted by molar-refractivity contribution is 5.38. The van der Waals surface area contributed by atoms with Crippen LogP contribution in [0.2, 0.25) is 0 Å². The van der Waals surface area contributed by atoms with E-state index in [4.69, 9.17) is 5.73 Å². The molecule has 0 saturated carbocycles. The van der Waals surface area contributed by atoms with Crippen LogP contribution in [0.1, 0.15) is 23.7 Å². The Morgan fingerprint density at radius 2 is 2.12 bits per heavy atom. The molecule has 17 heavy (non-hydrogen) atoms. The lowest BCUT2D eigenvalue weighted by Crippen LogP contribution is -2.19. The van der Waals surface area contributed by atoms with Crippen molar-refractivity contribution in [2.24, 2.45) is 12.8 Å². The lowest BCUT2D eigenvalue weighted by atomic mass is 10.1. The van der Waals surface area contributed by atoms with Gasteiger partial charge in [0.1, 0.15) is 0 Å². The van der Waals surface area contributed by atoms with Crippen molar-refractivity contribution < 1.29 is 0 Å². The van der Waals surface area contributed by atoms with Crippen LogP contribution in [0.15, 0.2) is 12.4 Å². The molecular weight excluding hydrogens is 214 g/mol. The lowest BCUT2D eigenvalue weighted by molar-refractivity contribution is 0.682. The average molecular weight is 233 g/mol. The zero-order valence-electron chi connectivity index (χ0n) is 10.8. The predicted octanol–water partition coefficient (Wildman–Crippen LogP) is 1.11. The quantitative estimate of drug-likeness (QED) is 0.864. The molecule has 0 bridgehead atoms. The van der Waals surface area contributed by atoms with Crippen molar-refractivity contribution in [2.75, 3.05) is 0 Å². The zero-order valence-corrected chi connectivity index (χ0v) is 10.8. The van der Waals surface area contributed by atoms with Gasteiger partial charge in [0.15, 0.2) is 5.82 Å². The van der Waals surface area contributed by atoms with Gasteiger partial charge in [0.25, 0.3) is 0 Å². The third-order valence-electron chi connectivity index (χ3n) is 2.77. The van der Waals surface area contributed by atoms with Gasteiger partial charge in [0.2, 0.25) is 0 Å². The van der Waals surface area contributed by atoms with Crippen molar-refractivity contribution in [3.63, 3.8) is 0 Å². The molecule has 5 heteroatoms. The Balaban J connectivity index is 2.52. The molecule has 0 amide bonds. The molecule has 2 aromatic rings. The van der Waals surface area contributed by atoms with E-state index in [1.807, 2.05) is 49.6 Å². The summed E-state index contributed by atoms with van der Waals surface area (Å²) in [5.41, 5.74) is 9.22. The fourth-order valence-corrected chi connectivity index (χ4v) is 2.07. The van der Waals surface area contributed by atoms with E-state index < -0.39 is 0 Å². The molecule has 2 aromatic heterocycles. The molecule has 2 heterocycles. The number of rotatable bonds is 3. The third kappa shape index (κ3) is 2.24. The molecule has 0 saturated heterocycles. The molecule has 0 aromatic carbocycles. The Hall–Kier alpha value is -1.62. The number of aromatic nitrogens is 4. The van der Waals surface area contributed by atoms with Crippen LogP contribution >= 0.6 is 0 Å². The number of nitrogens with two attached hydrogens (primary N) is 1. The van der Waals surface area contributed by atoms with Gasteiger partial charge in [-0.15, -0.1) is 0 Å². The Morgan fingerprint density at radius 3 is 2.65 bits per heavy atom. The van der Waals surface area contributed by atoms with Gasteiger partial charge in [0, 0.05) is 24.8 Å². The fraction of sp³-hybridized carbons (Fsp3) is 0.500. The van der Waals surface area contributed by atoms with Gasteiger partial charge in [-0.2, -0.15) is 10.2 Å². The van der Waals surface area contributed by atoms with E-state index >= 15 is 0 Å². The Morgan fingerprint density at radius 1 is 1.41 bits per heavy atom. The fourth-order valence-electron chi connectivity index (χ4n) is 2.07. The molecule has 0 aliphatic rings. The Bertz CT molecular complexity index is 521. The van der Waals surface area contributed by atoms with Gasteiger partial charge in [-0.1, -0.05) is 0 Å². The van der Waals surface area contributed by atoms with Crippen LogP contribution < -0.4 is 5.73 Å². The van der Waals surface area contributed by atoms with Gasteiger partial charge in [-0.25, -0.2) is 4.68 Å². The topological polar surface area (TPSA) is 61.7 Å². The summed E-state index contributed by atoms with van der Waals surface area (Å²) in [5.74, 6) is 1.01. The summed E-state index contributed by atoms with van der Waals surface area (Å²) >= 11 is 0. The number of hydrogen-bond acceptors (Lipinski definition) is 3. The molecule has 0 radical (unpaired) electrons. The molecule has 0 spiro atoms. The molecule has 92 valence electrons. The van der Waals surface area contributed by atoms with Crippen LogP contribution in [0.3, 0.4) is 0 Å². The van der Waals surface area contributed by atoms with E-state index in [2.05, 4.69) is 10.2 Å². The molecule has 2 rings (SSSR count). The maximum atomic E-state index is 5.89. The van der Waals surface area contributed by atoms with E-state index in [0.29, 0.717) is 0 Å². The SMILES string of the molecule is Cc1cnn(-c2c(CC(C)N)c(C)nn2C)c1. The third-order valence-corrected chi connectivity index (χ3v) is 2.77. The van der Waals surface area contributed by atoms with Gasteiger partial charge in [0.05, 0.1) is 11.9 Å². The van der Waals surface area contributed by atoms with Gasteiger partial charge < -0.3 is 5.73 Å². The summed E-state index contributed by atoms with van der Waals surface area (Å²) in [6.07, 6.45) is 4.66. The lowest BCUT2D eigenvalue weighted by Gasteiger charge is -2.08. The first-order valence-corrected chi connectivity index (χ1v) is 5.78. The summed E-state index contributed by atoms with van der Waals surface area (Å²) < 4.78 is 3.73. The molecule has 0 aliphatic carbocycles. The van der Waals surface area contributed by atoms with Crippen LogP contribution in [-0.4, -0.2) is 25.6 Å². The number of nitrogens with zero attached hydrogens (tertiary/aromatic N) is 4. The maximum absolute atomic E-state index is 5.89. The second kappa shape index (κ2) is 4.33. The van der Waals surface area contributed by atoms with Gasteiger partial charge in [-0.3, -0.25) is 4.68 Å². The minimum atomic E-state index is 0.119. The minimum absolute atomic E-state index is 0.119. The predicted molar refractivity (Wildman–Crippen MR) is 67.2 cm³/mol. The number of hydrogen-bond donors (Lipinski definition) is 1. The van der Waals surface area contributed by atoms with E-state index in [1.165, 1.54) is 5.56 Å². The van der Waals surface area contributed by atoms with Crippen LogP contribution in [0.25, 0.3) is 5.82 Å². The monoisotopic (exact) mass is 233 g/mol. The van der Waals surface area contributed by atoms with E-state index in [-0.39, 0.29) is 6.04 Å². The van der Waals surface area contributed by atoms with Gasteiger partial charge >= 0.3 is 0 Å². The van der Waals surface area contributed by atoms with Crippen molar-refractivity contribution in [2.45, 2.75) is 33.2 Å². The second-order valence-corrected chi connectivity index (χ2v) is 4.65. The minimum Gasteiger partial charge on any atom is -0.328 e. The summed E-state index contributed by atoms with van der Waals surface area (Å²) in [4.78, 5) is 0. The van der Waals surface area contributed by atoms with Crippen LogP contribution in [0.5, 0.6) is 0 Å². The average Bonchev–Trinajstić information content (AvgIpc) is 2.72. The molecule has 0 fully saturated rings. The molecule has 0 aliphatic heterocycles. The zero-order chi connectivity index (χ0) is 12.6. The highest BCUT2D eigenvalue weighted by Gasteiger charge is 2.16. The van der Waals surface area contributed by atoms with Gasteiger partial charge in [-0.05, 0) is 32.8 Å². The van der Waals surface area contributed by atoms with E-state index in [0.717, 1.165) is 23.5 Å². The normalized spacial score (nSPS) is 13.0. The number of aryl methyl sites for hydroxylation is 3. The smallest absolute Gasteiger partial charge is 0.155 e. The second-order valence-electron chi connectivity index (χ2n) is 4.65. The largest absolute Gasteiger partial charge is 0.328 e. The van der Waals surface area contributed by atoms with Crippen molar-refractivity contribution in [1.82, 2.24) is 19.6 Å². The first kappa shape index (κ1) is 11.9. The molecule has 1 unspecified atom stereocenters. The summed E-state index contributed by atoms with van der Waals surface area (Å²) in [6.45, 7) is 6.04.